The molecule has 0 saturated carbocycles. The number of ether oxygens (including phenoxy) is 1. The van der Waals surface area contributed by atoms with E-state index in [0.29, 0.717) is 18.7 Å². The fourth-order valence-corrected chi connectivity index (χ4v) is 2.35. The standard InChI is InChI=1S/C18H13FNO2/c1-2-13-3-5-14(6-4-13)15-7-8-17(16(19)11-15)20-9-10-22-12-18(20)21/h1,3-8H,9-10,12H2. The molecule has 0 aliphatic carbocycles. The fourth-order valence-electron chi connectivity index (χ4n) is 2.35. The molecule has 0 atom stereocenters. The number of hydrogen-bond donors (Lipinski definition) is 0. The predicted molar refractivity (Wildman–Crippen MR) is 81.8 cm³/mol. The minimum Gasteiger partial charge on any atom is -0.370 e. The van der Waals surface area contributed by atoms with Crippen LogP contribution < -0.4 is 4.90 Å². The molecular formula is C18H13FNO2. The number of rotatable bonds is 2. The normalized spacial score (nSPS) is 14.7. The van der Waals surface area contributed by atoms with Gasteiger partial charge in [0.2, 0.25) is 0 Å². The van der Waals surface area contributed by atoms with Gasteiger partial charge in [-0.2, -0.15) is 0 Å². The summed E-state index contributed by atoms with van der Waals surface area (Å²) in [5.74, 6) is 1.74. The zero-order valence-corrected chi connectivity index (χ0v) is 11.8. The predicted octanol–water partition coefficient (Wildman–Crippen LogP) is 2.64. The Morgan fingerprint density at radius 1 is 1.23 bits per heavy atom. The maximum Gasteiger partial charge on any atom is 0.253 e. The fraction of sp³-hybridized carbons (Fsp3) is 0.167. The van der Waals surface area contributed by atoms with E-state index in [1.165, 1.54) is 4.90 Å². The molecule has 22 heavy (non-hydrogen) atoms. The van der Waals surface area contributed by atoms with E-state index in [0.717, 1.165) is 11.1 Å². The molecule has 0 spiro atoms. The molecule has 109 valence electrons. The van der Waals surface area contributed by atoms with Gasteiger partial charge in [-0.3, -0.25) is 4.79 Å². The van der Waals surface area contributed by atoms with Gasteiger partial charge in [0.25, 0.3) is 5.91 Å². The van der Waals surface area contributed by atoms with Gasteiger partial charge < -0.3 is 9.64 Å². The minimum absolute atomic E-state index is 0.0191. The number of anilines is 1. The lowest BCUT2D eigenvalue weighted by molar-refractivity contribution is -0.125. The summed E-state index contributed by atoms with van der Waals surface area (Å²) >= 11 is 0. The topological polar surface area (TPSA) is 29.5 Å². The molecule has 3 nitrogen and oxygen atoms in total. The highest BCUT2D eigenvalue weighted by molar-refractivity contribution is 5.95. The molecule has 1 aliphatic heterocycles. The maximum absolute atomic E-state index is 14.3. The second-order valence-corrected chi connectivity index (χ2v) is 4.89. The molecule has 0 unspecified atom stereocenters. The largest absolute Gasteiger partial charge is 0.370 e. The van der Waals surface area contributed by atoms with Crippen molar-refractivity contribution < 1.29 is 13.9 Å². The molecule has 1 heterocycles. The SMILES string of the molecule is C#Cc1ccc(-c2[c]c(F)c(N3CCOCC3=O)cc2)cc1. The van der Waals surface area contributed by atoms with Gasteiger partial charge in [-0.1, -0.05) is 24.1 Å². The summed E-state index contributed by atoms with van der Waals surface area (Å²) < 4.78 is 19.4. The van der Waals surface area contributed by atoms with Crippen molar-refractivity contribution >= 4 is 11.6 Å². The smallest absolute Gasteiger partial charge is 0.253 e. The van der Waals surface area contributed by atoms with E-state index >= 15 is 0 Å². The molecule has 0 aromatic heterocycles. The average molecular weight is 294 g/mol. The van der Waals surface area contributed by atoms with Crippen LogP contribution in [0.3, 0.4) is 0 Å². The first kappa shape index (κ1) is 14.3. The minimum atomic E-state index is -0.547. The molecule has 1 saturated heterocycles. The van der Waals surface area contributed by atoms with E-state index in [9.17, 15) is 9.18 Å². The van der Waals surface area contributed by atoms with Crippen LogP contribution in [-0.4, -0.2) is 25.7 Å². The zero-order chi connectivity index (χ0) is 15.5. The van der Waals surface area contributed by atoms with Gasteiger partial charge in [-0.25, -0.2) is 4.39 Å². The van der Waals surface area contributed by atoms with Crippen LogP contribution in [0.1, 0.15) is 5.56 Å². The van der Waals surface area contributed by atoms with Crippen LogP contribution in [0.15, 0.2) is 36.4 Å². The Balaban J connectivity index is 1.91. The average Bonchev–Trinajstić information content (AvgIpc) is 2.56. The molecule has 1 aliphatic rings. The second-order valence-electron chi connectivity index (χ2n) is 4.89. The monoisotopic (exact) mass is 294 g/mol. The molecule has 1 radical (unpaired) electrons. The summed E-state index contributed by atoms with van der Waals surface area (Å²) in [5.41, 5.74) is 2.43. The number of terminal acetylenes is 1. The van der Waals surface area contributed by atoms with Gasteiger partial charge in [0.05, 0.1) is 12.3 Å². The van der Waals surface area contributed by atoms with Gasteiger partial charge in [0, 0.05) is 18.2 Å². The summed E-state index contributed by atoms with van der Waals surface area (Å²) in [4.78, 5) is 13.2. The van der Waals surface area contributed by atoms with Crippen molar-refractivity contribution in [3.63, 3.8) is 0 Å². The van der Waals surface area contributed by atoms with Gasteiger partial charge in [-0.15, -0.1) is 6.42 Å². The highest BCUT2D eigenvalue weighted by Gasteiger charge is 2.23. The molecule has 3 rings (SSSR count). The third-order valence-corrected chi connectivity index (χ3v) is 3.52. The molecular weight excluding hydrogens is 281 g/mol. The van der Waals surface area contributed by atoms with Crippen LogP contribution in [0.25, 0.3) is 11.1 Å². The number of carbonyl (C=O) groups excluding carboxylic acids is 1. The van der Waals surface area contributed by atoms with E-state index in [1.54, 1.807) is 24.3 Å². The summed E-state index contributed by atoms with van der Waals surface area (Å²) in [7, 11) is 0. The van der Waals surface area contributed by atoms with Crippen LogP contribution in [0.4, 0.5) is 10.1 Å². The Bertz CT molecular complexity index is 747. The van der Waals surface area contributed by atoms with Crippen LogP contribution in [0.2, 0.25) is 0 Å². The van der Waals surface area contributed by atoms with Crippen molar-refractivity contribution in [2.24, 2.45) is 0 Å². The molecule has 1 fully saturated rings. The van der Waals surface area contributed by atoms with Crippen molar-refractivity contribution in [1.29, 1.82) is 0 Å². The molecule has 4 heteroatoms. The lowest BCUT2D eigenvalue weighted by Crippen LogP contribution is -2.42. The van der Waals surface area contributed by atoms with Crippen molar-refractivity contribution in [1.82, 2.24) is 0 Å². The molecule has 0 N–H and O–H groups in total. The lowest BCUT2D eigenvalue weighted by Gasteiger charge is -2.27. The second kappa shape index (κ2) is 6.00. The summed E-state index contributed by atoms with van der Waals surface area (Å²) in [6.07, 6.45) is 5.31. The van der Waals surface area contributed by atoms with Crippen molar-refractivity contribution in [2.75, 3.05) is 24.7 Å². The van der Waals surface area contributed by atoms with Gasteiger partial charge in [-0.05, 0) is 29.3 Å². The third kappa shape index (κ3) is 2.72. The highest BCUT2D eigenvalue weighted by atomic mass is 19.1. The van der Waals surface area contributed by atoms with Gasteiger partial charge >= 0.3 is 0 Å². The Hall–Kier alpha value is -2.64. The van der Waals surface area contributed by atoms with Crippen LogP contribution in [0.5, 0.6) is 0 Å². The molecule has 2 aromatic rings. The molecule has 0 bridgehead atoms. The van der Waals surface area contributed by atoms with Gasteiger partial charge in [0.1, 0.15) is 6.61 Å². The van der Waals surface area contributed by atoms with Crippen LogP contribution in [0, 0.1) is 24.2 Å². The van der Waals surface area contributed by atoms with E-state index in [2.05, 4.69) is 12.0 Å². The number of carbonyl (C=O) groups is 1. The quantitative estimate of drug-likeness (QED) is 0.797. The Morgan fingerprint density at radius 2 is 2.00 bits per heavy atom. The maximum atomic E-state index is 14.3. The number of morpholine rings is 1. The lowest BCUT2D eigenvalue weighted by atomic mass is 10.0. The number of amides is 1. The van der Waals surface area contributed by atoms with E-state index in [-0.39, 0.29) is 18.2 Å². The van der Waals surface area contributed by atoms with Gasteiger partial charge in [0.15, 0.2) is 5.82 Å². The summed E-state index contributed by atoms with van der Waals surface area (Å²) in [5, 5.41) is 0. The first-order valence-electron chi connectivity index (χ1n) is 6.86. The van der Waals surface area contributed by atoms with E-state index < -0.39 is 5.82 Å². The zero-order valence-electron chi connectivity index (χ0n) is 11.8. The van der Waals surface area contributed by atoms with Crippen LogP contribution in [-0.2, 0) is 9.53 Å². The summed E-state index contributed by atoms with van der Waals surface area (Å²) in [6, 6.07) is 13.3. The van der Waals surface area contributed by atoms with Crippen molar-refractivity contribution in [3.05, 3.63) is 53.8 Å². The highest BCUT2D eigenvalue weighted by Crippen LogP contribution is 2.27. The first-order chi connectivity index (χ1) is 10.7. The van der Waals surface area contributed by atoms with E-state index in [4.69, 9.17) is 11.2 Å². The number of halogens is 1. The Kier molecular flexibility index (Phi) is 3.90. The summed E-state index contributed by atoms with van der Waals surface area (Å²) in [6.45, 7) is 0.731. The van der Waals surface area contributed by atoms with Crippen molar-refractivity contribution in [3.8, 4) is 23.5 Å². The number of benzene rings is 2. The van der Waals surface area contributed by atoms with Crippen LogP contribution >= 0.6 is 0 Å². The number of nitrogens with zero attached hydrogens (tertiary/aromatic N) is 1. The number of hydrogen-bond acceptors (Lipinski definition) is 2. The Morgan fingerprint density at radius 3 is 2.64 bits per heavy atom. The third-order valence-electron chi connectivity index (χ3n) is 3.52. The van der Waals surface area contributed by atoms with Crippen molar-refractivity contribution in [2.45, 2.75) is 0 Å². The van der Waals surface area contributed by atoms with E-state index in [1.807, 2.05) is 12.1 Å². The molecule has 1 amide bonds. The molecule has 2 aromatic carbocycles. The first-order valence-corrected chi connectivity index (χ1v) is 6.86. The Labute approximate surface area is 128 Å².